The average Bonchev–Trinajstić information content (AvgIpc) is 2.57. The maximum atomic E-state index is 12.5. The van der Waals surface area contributed by atoms with E-state index in [9.17, 15) is 13.2 Å². The van der Waals surface area contributed by atoms with E-state index in [0.717, 1.165) is 22.4 Å². The number of benzene rings is 1. The Morgan fingerprint density at radius 2 is 1.71 bits per heavy atom. The summed E-state index contributed by atoms with van der Waals surface area (Å²) in [4.78, 5) is 14.1. The largest absolute Gasteiger partial charge is 0.337 e. The number of hydrogen-bond acceptors (Lipinski definition) is 5. The van der Waals surface area contributed by atoms with Gasteiger partial charge in [0, 0.05) is 24.2 Å². The second-order valence-electron chi connectivity index (χ2n) is 6.02. The highest BCUT2D eigenvalue weighted by atomic mass is 32.2. The number of nitrogens with zero attached hydrogens (tertiary/aromatic N) is 3. The highest BCUT2D eigenvalue weighted by molar-refractivity contribution is 7.91. The lowest BCUT2D eigenvalue weighted by Gasteiger charge is -2.26. The first-order chi connectivity index (χ1) is 11.4. The van der Waals surface area contributed by atoms with Crippen molar-refractivity contribution in [2.75, 3.05) is 24.6 Å². The van der Waals surface area contributed by atoms with Crippen LogP contribution in [0, 0.1) is 13.8 Å². The molecule has 2 heterocycles. The molecule has 6 nitrogen and oxygen atoms in total. The highest BCUT2D eigenvalue weighted by Crippen LogP contribution is 2.23. The second kappa shape index (κ2) is 6.32. The fraction of sp³-hybridized carbons (Fsp3) is 0.353. The number of carbonyl (C=O) groups excluding carboxylic acids is 1. The molecule has 0 unspecified atom stereocenters. The van der Waals surface area contributed by atoms with E-state index in [0.29, 0.717) is 5.56 Å². The van der Waals surface area contributed by atoms with Crippen molar-refractivity contribution in [3.63, 3.8) is 0 Å². The zero-order valence-electron chi connectivity index (χ0n) is 13.7. The van der Waals surface area contributed by atoms with Gasteiger partial charge in [-0.1, -0.05) is 12.1 Å². The van der Waals surface area contributed by atoms with Gasteiger partial charge in [0.2, 0.25) is 0 Å². The molecular weight excluding hydrogens is 326 g/mol. The molecule has 126 valence electrons. The van der Waals surface area contributed by atoms with Crippen molar-refractivity contribution in [1.82, 2.24) is 15.1 Å². The summed E-state index contributed by atoms with van der Waals surface area (Å²) in [7, 11) is -2.99. The quantitative estimate of drug-likeness (QED) is 0.826. The van der Waals surface area contributed by atoms with Crippen LogP contribution < -0.4 is 0 Å². The van der Waals surface area contributed by atoms with E-state index in [4.69, 9.17) is 0 Å². The van der Waals surface area contributed by atoms with Crippen molar-refractivity contribution in [2.45, 2.75) is 13.8 Å². The maximum absolute atomic E-state index is 12.5. The lowest BCUT2D eigenvalue weighted by molar-refractivity contribution is 0.0770. The minimum Gasteiger partial charge on any atom is -0.337 e. The van der Waals surface area contributed by atoms with Crippen LogP contribution in [0.4, 0.5) is 0 Å². The van der Waals surface area contributed by atoms with Gasteiger partial charge in [0.15, 0.2) is 9.84 Å². The molecule has 0 atom stereocenters. The van der Waals surface area contributed by atoms with E-state index in [-0.39, 0.29) is 30.5 Å². The minimum atomic E-state index is -2.99. The van der Waals surface area contributed by atoms with Gasteiger partial charge in [0.05, 0.1) is 23.4 Å². The molecule has 2 aromatic rings. The monoisotopic (exact) mass is 345 g/mol. The molecular formula is C17H19N3O3S. The molecule has 1 fully saturated rings. The summed E-state index contributed by atoms with van der Waals surface area (Å²) in [6, 6.07) is 7.21. The van der Waals surface area contributed by atoms with Crippen LogP contribution in [0.3, 0.4) is 0 Å². The van der Waals surface area contributed by atoms with Crippen LogP contribution >= 0.6 is 0 Å². The van der Waals surface area contributed by atoms with Crippen molar-refractivity contribution in [2.24, 2.45) is 0 Å². The SMILES string of the molecule is Cc1cnnc(-c2ccc(C(=O)N3CCS(=O)(=O)CC3)cc2)c1C. The van der Waals surface area contributed by atoms with Crippen LogP contribution in [0.1, 0.15) is 21.5 Å². The van der Waals surface area contributed by atoms with Gasteiger partial charge in [-0.25, -0.2) is 8.42 Å². The smallest absolute Gasteiger partial charge is 0.253 e. The van der Waals surface area contributed by atoms with E-state index in [2.05, 4.69) is 10.2 Å². The third-order valence-electron chi connectivity index (χ3n) is 4.39. The summed E-state index contributed by atoms with van der Waals surface area (Å²) in [5.74, 6) is -0.0624. The Balaban J connectivity index is 1.80. The van der Waals surface area contributed by atoms with Gasteiger partial charge >= 0.3 is 0 Å². The Morgan fingerprint density at radius 3 is 2.33 bits per heavy atom. The second-order valence-corrected chi connectivity index (χ2v) is 8.33. The van der Waals surface area contributed by atoms with Gasteiger partial charge in [-0.3, -0.25) is 4.79 Å². The van der Waals surface area contributed by atoms with Gasteiger partial charge in [-0.05, 0) is 37.1 Å². The summed E-state index contributed by atoms with van der Waals surface area (Å²) < 4.78 is 22.9. The number of aromatic nitrogens is 2. The van der Waals surface area contributed by atoms with Gasteiger partial charge < -0.3 is 4.90 Å². The maximum Gasteiger partial charge on any atom is 0.253 e. The van der Waals surface area contributed by atoms with E-state index in [1.54, 1.807) is 23.2 Å². The number of rotatable bonds is 2. The molecule has 0 saturated carbocycles. The molecule has 7 heteroatoms. The molecule has 0 spiro atoms. The molecule has 1 aromatic carbocycles. The van der Waals surface area contributed by atoms with Crippen LogP contribution in [-0.2, 0) is 9.84 Å². The molecule has 0 bridgehead atoms. The molecule has 0 aliphatic carbocycles. The lowest BCUT2D eigenvalue weighted by atomic mass is 10.0. The Bertz CT molecular complexity index is 862. The van der Waals surface area contributed by atoms with Crippen LogP contribution in [0.25, 0.3) is 11.3 Å². The average molecular weight is 345 g/mol. The van der Waals surface area contributed by atoms with Crippen molar-refractivity contribution >= 4 is 15.7 Å². The summed E-state index contributed by atoms with van der Waals surface area (Å²) in [5, 5.41) is 8.16. The highest BCUT2D eigenvalue weighted by Gasteiger charge is 2.25. The minimum absolute atomic E-state index is 0.0366. The number of carbonyl (C=O) groups is 1. The molecule has 24 heavy (non-hydrogen) atoms. The Kier molecular flexibility index (Phi) is 4.36. The normalized spacial score (nSPS) is 16.8. The molecule has 1 amide bonds. The predicted molar refractivity (Wildman–Crippen MR) is 91.5 cm³/mol. The van der Waals surface area contributed by atoms with Crippen LogP contribution in [-0.4, -0.2) is 54.0 Å². The van der Waals surface area contributed by atoms with Crippen molar-refractivity contribution in [3.05, 3.63) is 47.2 Å². The third-order valence-corrected chi connectivity index (χ3v) is 6.00. The fourth-order valence-electron chi connectivity index (χ4n) is 2.67. The van der Waals surface area contributed by atoms with Crippen molar-refractivity contribution in [3.8, 4) is 11.3 Å². The van der Waals surface area contributed by atoms with Crippen LogP contribution in [0.15, 0.2) is 30.5 Å². The molecule has 0 N–H and O–H groups in total. The van der Waals surface area contributed by atoms with Crippen LogP contribution in [0.2, 0.25) is 0 Å². The number of hydrogen-bond donors (Lipinski definition) is 0. The summed E-state index contributed by atoms with van der Waals surface area (Å²) in [6.45, 7) is 4.49. The first-order valence-corrected chi connectivity index (χ1v) is 9.58. The van der Waals surface area contributed by atoms with Gasteiger partial charge in [0.25, 0.3) is 5.91 Å². The van der Waals surface area contributed by atoms with E-state index in [1.807, 2.05) is 26.0 Å². The lowest BCUT2D eigenvalue weighted by Crippen LogP contribution is -2.43. The van der Waals surface area contributed by atoms with E-state index in [1.165, 1.54) is 0 Å². The standard InChI is InChI=1S/C17H19N3O3S/c1-12-11-18-19-16(13(12)2)14-3-5-15(6-4-14)17(21)20-7-9-24(22,23)10-8-20/h3-6,11H,7-10H2,1-2H3. The topological polar surface area (TPSA) is 80.2 Å². The summed E-state index contributed by atoms with van der Waals surface area (Å²) >= 11 is 0. The van der Waals surface area contributed by atoms with E-state index >= 15 is 0 Å². The zero-order chi connectivity index (χ0) is 17.3. The van der Waals surface area contributed by atoms with Crippen molar-refractivity contribution in [1.29, 1.82) is 0 Å². The zero-order valence-corrected chi connectivity index (χ0v) is 14.5. The molecule has 1 saturated heterocycles. The third kappa shape index (κ3) is 3.31. The first-order valence-electron chi connectivity index (χ1n) is 7.76. The Labute approximate surface area is 141 Å². The molecule has 1 aliphatic rings. The van der Waals surface area contributed by atoms with Crippen LogP contribution in [0.5, 0.6) is 0 Å². The first kappa shape index (κ1) is 16.6. The molecule has 1 aliphatic heterocycles. The molecule has 1 aromatic heterocycles. The fourth-order valence-corrected chi connectivity index (χ4v) is 3.88. The molecule has 0 radical (unpaired) electrons. The number of aryl methyl sites for hydroxylation is 1. The predicted octanol–water partition coefficient (Wildman–Crippen LogP) is 1.63. The van der Waals surface area contributed by atoms with Gasteiger partial charge in [-0.2, -0.15) is 10.2 Å². The summed E-state index contributed by atoms with van der Waals surface area (Å²) in [6.07, 6.45) is 1.72. The van der Waals surface area contributed by atoms with Gasteiger partial charge in [0.1, 0.15) is 0 Å². The van der Waals surface area contributed by atoms with Crippen molar-refractivity contribution < 1.29 is 13.2 Å². The van der Waals surface area contributed by atoms with E-state index < -0.39 is 9.84 Å². The Morgan fingerprint density at radius 1 is 1.08 bits per heavy atom. The van der Waals surface area contributed by atoms with Gasteiger partial charge in [-0.15, -0.1) is 0 Å². The summed E-state index contributed by atoms with van der Waals surface area (Å²) in [5.41, 5.74) is 4.39. The number of sulfone groups is 1. The number of amides is 1. The molecule has 3 rings (SSSR count). The Hall–Kier alpha value is -2.28.